The third kappa shape index (κ3) is 4.70. The van der Waals surface area contributed by atoms with Gasteiger partial charge in [0.05, 0.1) is 6.10 Å². The molecule has 116 valence electrons. The van der Waals surface area contributed by atoms with Gasteiger partial charge in [-0.15, -0.1) is 0 Å². The summed E-state index contributed by atoms with van der Waals surface area (Å²) in [5, 5.41) is 12.3. The smallest absolute Gasteiger partial charge is 0.258 e. The zero-order valence-electron chi connectivity index (χ0n) is 12.3. The summed E-state index contributed by atoms with van der Waals surface area (Å²) in [5.41, 5.74) is 0.217. The number of carbonyl (C=O) groups is 1. The Morgan fingerprint density at radius 1 is 1.43 bits per heavy atom. The number of aliphatic hydroxyl groups is 1. The number of amides is 1. The molecule has 1 aromatic rings. The maximum atomic E-state index is 13.7. The molecule has 2 N–H and O–H groups in total. The van der Waals surface area contributed by atoms with Crippen molar-refractivity contribution in [3.63, 3.8) is 0 Å². The number of halogens is 1. The highest BCUT2D eigenvalue weighted by molar-refractivity contribution is 5.77. The van der Waals surface area contributed by atoms with Crippen LogP contribution in [0.1, 0.15) is 50.7 Å². The molecule has 21 heavy (non-hydrogen) atoms. The zero-order valence-corrected chi connectivity index (χ0v) is 12.3. The lowest BCUT2D eigenvalue weighted by Crippen LogP contribution is -2.38. The van der Waals surface area contributed by atoms with Gasteiger partial charge in [0, 0.05) is 17.7 Å². The van der Waals surface area contributed by atoms with Crippen molar-refractivity contribution < 1.29 is 19.0 Å². The maximum Gasteiger partial charge on any atom is 0.258 e. The molecule has 1 amide bonds. The molecule has 0 aliphatic heterocycles. The van der Waals surface area contributed by atoms with Crippen molar-refractivity contribution in [3.05, 3.63) is 29.6 Å². The Labute approximate surface area is 124 Å². The molecule has 1 aromatic carbocycles. The van der Waals surface area contributed by atoms with E-state index in [-0.39, 0.29) is 29.9 Å². The van der Waals surface area contributed by atoms with Gasteiger partial charge in [-0.25, -0.2) is 4.39 Å². The molecule has 0 radical (unpaired) electrons. The summed E-state index contributed by atoms with van der Waals surface area (Å²) in [6.07, 6.45) is 4.70. The van der Waals surface area contributed by atoms with Crippen molar-refractivity contribution >= 4 is 5.91 Å². The fraction of sp³-hybridized carbons (Fsp3) is 0.562. The average molecular weight is 295 g/mol. The van der Waals surface area contributed by atoms with E-state index in [4.69, 9.17) is 4.74 Å². The van der Waals surface area contributed by atoms with Gasteiger partial charge >= 0.3 is 0 Å². The van der Waals surface area contributed by atoms with Crippen LogP contribution in [0.3, 0.4) is 0 Å². The van der Waals surface area contributed by atoms with E-state index in [0.29, 0.717) is 0 Å². The number of ether oxygens (including phenoxy) is 1. The summed E-state index contributed by atoms with van der Waals surface area (Å²) in [4.78, 5) is 11.8. The van der Waals surface area contributed by atoms with E-state index in [0.717, 1.165) is 25.7 Å². The second-order valence-corrected chi connectivity index (χ2v) is 5.55. The zero-order chi connectivity index (χ0) is 15.2. The maximum absolute atomic E-state index is 13.7. The molecule has 2 rings (SSSR count). The third-order valence-corrected chi connectivity index (χ3v) is 3.76. The van der Waals surface area contributed by atoms with Gasteiger partial charge < -0.3 is 15.2 Å². The van der Waals surface area contributed by atoms with Gasteiger partial charge in [-0.3, -0.25) is 4.79 Å². The van der Waals surface area contributed by atoms with E-state index in [2.05, 4.69) is 5.32 Å². The first kappa shape index (κ1) is 15.8. The third-order valence-electron chi connectivity index (χ3n) is 3.76. The molecule has 1 atom stereocenters. The molecule has 0 unspecified atom stereocenters. The number of carbonyl (C=O) groups excluding carboxylic acids is 1. The molecule has 0 spiro atoms. The minimum Gasteiger partial charge on any atom is -0.484 e. The van der Waals surface area contributed by atoms with E-state index in [1.807, 2.05) is 0 Å². The summed E-state index contributed by atoms with van der Waals surface area (Å²) in [6, 6.07) is 4.45. The van der Waals surface area contributed by atoms with Crippen LogP contribution in [0.15, 0.2) is 18.2 Å². The Balaban J connectivity index is 1.82. The molecule has 1 saturated carbocycles. The normalized spacial score (nSPS) is 17.3. The summed E-state index contributed by atoms with van der Waals surface area (Å²) in [7, 11) is 0. The number of benzene rings is 1. The quantitative estimate of drug-likeness (QED) is 0.878. The molecule has 1 aliphatic rings. The van der Waals surface area contributed by atoms with Crippen LogP contribution in [-0.2, 0) is 4.79 Å². The summed E-state index contributed by atoms with van der Waals surface area (Å²) in [5.74, 6) is -0.423. The predicted molar refractivity (Wildman–Crippen MR) is 77.5 cm³/mol. The lowest BCUT2D eigenvalue weighted by atomic mass is 9.95. The Morgan fingerprint density at radius 2 is 2.14 bits per heavy atom. The summed E-state index contributed by atoms with van der Waals surface area (Å²) < 4.78 is 18.9. The van der Waals surface area contributed by atoms with Gasteiger partial charge in [0.15, 0.2) is 6.61 Å². The van der Waals surface area contributed by atoms with Crippen LogP contribution >= 0.6 is 0 Å². The van der Waals surface area contributed by atoms with Crippen LogP contribution in [0.2, 0.25) is 0 Å². The number of rotatable bonds is 5. The van der Waals surface area contributed by atoms with E-state index < -0.39 is 11.9 Å². The van der Waals surface area contributed by atoms with Gasteiger partial charge in [-0.1, -0.05) is 19.3 Å². The molecule has 0 aromatic heterocycles. The van der Waals surface area contributed by atoms with E-state index in [1.54, 1.807) is 6.07 Å². The molecule has 0 heterocycles. The van der Waals surface area contributed by atoms with Gasteiger partial charge in [0.1, 0.15) is 11.6 Å². The van der Waals surface area contributed by atoms with Gasteiger partial charge in [0.2, 0.25) is 0 Å². The van der Waals surface area contributed by atoms with Crippen molar-refractivity contribution in [2.24, 2.45) is 0 Å². The highest BCUT2D eigenvalue weighted by Gasteiger charge is 2.16. The molecular formula is C16H22FNO3. The van der Waals surface area contributed by atoms with Crippen molar-refractivity contribution in [1.82, 2.24) is 5.32 Å². The first-order chi connectivity index (χ1) is 10.1. The molecular weight excluding hydrogens is 273 g/mol. The van der Waals surface area contributed by atoms with Crippen LogP contribution in [0.25, 0.3) is 0 Å². The Kier molecular flexibility index (Phi) is 5.56. The fourth-order valence-corrected chi connectivity index (χ4v) is 2.60. The van der Waals surface area contributed by atoms with Crippen LogP contribution in [0.5, 0.6) is 5.75 Å². The van der Waals surface area contributed by atoms with Crippen LogP contribution in [0, 0.1) is 5.82 Å². The Bertz CT molecular complexity index is 484. The Morgan fingerprint density at radius 3 is 2.76 bits per heavy atom. The number of hydrogen-bond donors (Lipinski definition) is 2. The van der Waals surface area contributed by atoms with Gasteiger partial charge in [-0.2, -0.15) is 0 Å². The largest absolute Gasteiger partial charge is 0.484 e. The van der Waals surface area contributed by atoms with Crippen LogP contribution in [-0.4, -0.2) is 23.7 Å². The molecule has 4 nitrogen and oxygen atoms in total. The standard InChI is InChI=1S/C16H22FNO3/c1-11(19)14-8-7-13(9-15(14)17)21-10-16(20)18-12-5-3-2-4-6-12/h7-9,11-12,19H,2-6,10H2,1H3,(H,18,20)/t11-/m0/s1. The van der Waals surface area contributed by atoms with Crippen molar-refractivity contribution in [2.75, 3.05) is 6.61 Å². The first-order valence-corrected chi connectivity index (χ1v) is 7.46. The Hall–Kier alpha value is -1.62. The van der Waals surface area contributed by atoms with Crippen molar-refractivity contribution in [1.29, 1.82) is 0 Å². The second kappa shape index (κ2) is 7.41. The van der Waals surface area contributed by atoms with Crippen LogP contribution < -0.4 is 10.1 Å². The van der Waals surface area contributed by atoms with Gasteiger partial charge in [0.25, 0.3) is 5.91 Å². The summed E-state index contributed by atoms with van der Waals surface area (Å²) >= 11 is 0. The SMILES string of the molecule is C[C@H](O)c1ccc(OCC(=O)NC2CCCCC2)cc1F. The lowest BCUT2D eigenvalue weighted by Gasteiger charge is -2.22. The van der Waals surface area contributed by atoms with E-state index in [9.17, 15) is 14.3 Å². The predicted octanol–water partition coefficient (Wildman–Crippen LogP) is 2.71. The topological polar surface area (TPSA) is 58.6 Å². The van der Waals surface area contributed by atoms with E-state index in [1.165, 1.54) is 25.5 Å². The van der Waals surface area contributed by atoms with Crippen LogP contribution in [0.4, 0.5) is 4.39 Å². The minimum atomic E-state index is -0.867. The molecule has 1 aliphatic carbocycles. The second-order valence-electron chi connectivity index (χ2n) is 5.55. The highest BCUT2D eigenvalue weighted by Crippen LogP contribution is 2.21. The first-order valence-electron chi connectivity index (χ1n) is 7.46. The number of hydrogen-bond acceptors (Lipinski definition) is 3. The summed E-state index contributed by atoms with van der Waals surface area (Å²) in [6.45, 7) is 1.38. The number of aliphatic hydroxyl groups excluding tert-OH is 1. The minimum absolute atomic E-state index is 0.121. The number of nitrogens with one attached hydrogen (secondary N) is 1. The van der Waals surface area contributed by atoms with Gasteiger partial charge in [-0.05, 0) is 31.9 Å². The average Bonchev–Trinajstić information content (AvgIpc) is 2.46. The molecule has 0 bridgehead atoms. The van der Waals surface area contributed by atoms with Crippen molar-refractivity contribution in [3.8, 4) is 5.75 Å². The van der Waals surface area contributed by atoms with Crippen molar-refractivity contribution in [2.45, 2.75) is 51.2 Å². The monoisotopic (exact) mass is 295 g/mol. The fourth-order valence-electron chi connectivity index (χ4n) is 2.60. The highest BCUT2D eigenvalue weighted by atomic mass is 19.1. The molecule has 0 saturated heterocycles. The lowest BCUT2D eigenvalue weighted by molar-refractivity contribution is -0.124. The molecule has 1 fully saturated rings. The van der Waals surface area contributed by atoms with E-state index >= 15 is 0 Å². The molecule has 5 heteroatoms.